The molecule has 0 aliphatic heterocycles. The largest absolute Gasteiger partial charge is 0.197 e. The quantitative estimate of drug-likeness (QED) is 0.805. The number of rotatable bonds is 2. The van der Waals surface area contributed by atoms with E-state index in [1.165, 1.54) is 0 Å². The zero-order valence-corrected chi connectivity index (χ0v) is 8.90. The summed E-state index contributed by atoms with van der Waals surface area (Å²) < 4.78 is 0.977. The highest BCUT2D eigenvalue weighted by atomic mass is 79.9. The summed E-state index contributed by atoms with van der Waals surface area (Å²) in [5, 5.41) is 17.1. The maximum Gasteiger partial charge on any atom is 0.151 e. The van der Waals surface area contributed by atoms with Crippen molar-refractivity contribution in [2.75, 3.05) is 0 Å². The van der Waals surface area contributed by atoms with Crippen LogP contribution < -0.4 is 0 Å². The van der Waals surface area contributed by atoms with Crippen molar-refractivity contribution in [2.24, 2.45) is 5.92 Å². The predicted molar refractivity (Wildman–Crippen MR) is 57.9 cm³/mol. The molecule has 0 N–H and O–H groups in total. The molecule has 0 aliphatic rings. The van der Waals surface area contributed by atoms with Crippen LogP contribution in [0.15, 0.2) is 34.8 Å². The van der Waals surface area contributed by atoms with Gasteiger partial charge in [0, 0.05) is 4.47 Å². The molecular weight excluding hydrogens is 240 g/mol. The highest BCUT2D eigenvalue weighted by Gasteiger charge is 1.97. The molecule has 3 heteroatoms. The van der Waals surface area contributed by atoms with Gasteiger partial charge in [0.2, 0.25) is 0 Å². The van der Waals surface area contributed by atoms with Crippen LogP contribution in [-0.2, 0) is 0 Å². The zero-order chi connectivity index (χ0) is 10.4. The standard InChI is InChI=1S/C11H7BrN2/c12-11-3-1-2-9(6-11)4-5-10(7-13)8-14/h1-6,10H/b5-4+. The Bertz CT molecular complexity index is 410. The highest BCUT2D eigenvalue weighted by molar-refractivity contribution is 9.10. The van der Waals surface area contributed by atoms with Crippen molar-refractivity contribution in [3.05, 3.63) is 40.4 Å². The van der Waals surface area contributed by atoms with Crippen molar-refractivity contribution in [3.63, 3.8) is 0 Å². The maximum atomic E-state index is 8.53. The molecule has 0 heterocycles. The number of benzene rings is 1. The van der Waals surface area contributed by atoms with Gasteiger partial charge < -0.3 is 0 Å². The molecule has 2 nitrogen and oxygen atoms in total. The summed E-state index contributed by atoms with van der Waals surface area (Å²) in [6.45, 7) is 0. The number of allylic oxidation sites excluding steroid dienone is 1. The average molecular weight is 247 g/mol. The van der Waals surface area contributed by atoms with Crippen molar-refractivity contribution in [1.82, 2.24) is 0 Å². The maximum absolute atomic E-state index is 8.53. The molecule has 0 fully saturated rings. The summed E-state index contributed by atoms with van der Waals surface area (Å²) in [5.41, 5.74) is 0.967. The van der Waals surface area contributed by atoms with E-state index in [-0.39, 0.29) is 0 Å². The van der Waals surface area contributed by atoms with Gasteiger partial charge in [-0.25, -0.2) is 0 Å². The fourth-order valence-corrected chi connectivity index (χ4v) is 1.35. The normalized spacial score (nSPS) is 10.0. The lowest BCUT2D eigenvalue weighted by Gasteiger charge is -1.94. The third kappa shape index (κ3) is 3.05. The van der Waals surface area contributed by atoms with E-state index in [1.807, 2.05) is 36.4 Å². The molecule has 1 rings (SSSR count). The Labute approximate surface area is 91.2 Å². The van der Waals surface area contributed by atoms with Gasteiger partial charge in [0.25, 0.3) is 0 Å². The summed E-state index contributed by atoms with van der Waals surface area (Å²) >= 11 is 3.34. The van der Waals surface area contributed by atoms with Crippen LogP contribution in [0.3, 0.4) is 0 Å². The number of nitriles is 2. The summed E-state index contributed by atoms with van der Waals surface area (Å²) in [6, 6.07) is 11.4. The van der Waals surface area contributed by atoms with E-state index in [0.29, 0.717) is 0 Å². The number of halogens is 1. The molecule has 14 heavy (non-hydrogen) atoms. The second-order valence-corrected chi connectivity index (χ2v) is 3.57. The van der Waals surface area contributed by atoms with Crippen molar-refractivity contribution < 1.29 is 0 Å². The monoisotopic (exact) mass is 246 g/mol. The fourth-order valence-electron chi connectivity index (χ4n) is 0.933. The Morgan fingerprint density at radius 2 is 2.00 bits per heavy atom. The fraction of sp³-hybridized carbons (Fsp3) is 0.0909. The van der Waals surface area contributed by atoms with E-state index in [1.54, 1.807) is 12.2 Å². The Morgan fingerprint density at radius 3 is 2.57 bits per heavy atom. The smallest absolute Gasteiger partial charge is 0.151 e. The minimum Gasteiger partial charge on any atom is -0.197 e. The van der Waals surface area contributed by atoms with E-state index < -0.39 is 5.92 Å². The minimum absolute atomic E-state index is 0.672. The molecule has 0 saturated heterocycles. The van der Waals surface area contributed by atoms with Crippen molar-refractivity contribution in [3.8, 4) is 12.1 Å². The zero-order valence-electron chi connectivity index (χ0n) is 7.31. The van der Waals surface area contributed by atoms with Gasteiger partial charge in [-0.05, 0) is 17.7 Å². The lowest BCUT2D eigenvalue weighted by Crippen LogP contribution is -1.84. The summed E-state index contributed by atoms with van der Waals surface area (Å²) in [7, 11) is 0. The third-order valence-corrected chi connectivity index (χ3v) is 2.10. The van der Waals surface area contributed by atoms with Gasteiger partial charge in [0.1, 0.15) is 0 Å². The van der Waals surface area contributed by atoms with E-state index in [4.69, 9.17) is 10.5 Å². The van der Waals surface area contributed by atoms with Crippen molar-refractivity contribution in [1.29, 1.82) is 10.5 Å². The first-order valence-corrected chi connectivity index (χ1v) is 4.78. The van der Waals surface area contributed by atoms with Crippen LogP contribution in [-0.4, -0.2) is 0 Å². The van der Waals surface area contributed by atoms with E-state index in [2.05, 4.69) is 15.9 Å². The highest BCUT2D eigenvalue weighted by Crippen LogP contribution is 2.13. The van der Waals surface area contributed by atoms with Gasteiger partial charge in [-0.3, -0.25) is 0 Å². The molecule has 1 aromatic carbocycles. The summed E-state index contributed by atoms with van der Waals surface area (Å²) in [5.74, 6) is -0.672. The SMILES string of the molecule is N#CC(C#N)/C=C/c1cccc(Br)c1. The van der Waals surface area contributed by atoms with Gasteiger partial charge >= 0.3 is 0 Å². The minimum atomic E-state index is -0.672. The van der Waals surface area contributed by atoms with Gasteiger partial charge in [-0.2, -0.15) is 10.5 Å². The molecule has 0 radical (unpaired) electrons. The van der Waals surface area contributed by atoms with Crippen LogP contribution >= 0.6 is 15.9 Å². The van der Waals surface area contributed by atoms with Crippen LogP contribution in [0, 0.1) is 28.6 Å². The Morgan fingerprint density at radius 1 is 1.29 bits per heavy atom. The second-order valence-electron chi connectivity index (χ2n) is 2.65. The molecule has 68 valence electrons. The van der Waals surface area contributed by atoms with Gasteiger partial charge in [-0.15, -0.1) is 0 Å². The molecule has 0 saturated carbocycles. The van der Waals surface area contributed by atoms with Crippen LogP contribution in [0.4, 0.5) is 0 Å². The first kappa shape index (κ1) is 10.5. The lowest BCUT2D eigenvalue weighted by molar-refractivity contribution is 1.10. The Hall–Kier alpha value is -1.58. The first-order chi connectivity index (χ1) is 6.76. The van der Waals surface area contributed by atoms with Crippen molar-refractivity contribution in [2.45, 2.75) is 0 Å². The average Bonchev–Trinajstić information content (AvgIpc) is 2.19. The molecule has 1 aromatic rings. The molecule has 0 amide bonds. The number of hydrogen-bond donors (Lipinski definition) is 0. The van der Waals surface area contributed by atoms with Gasteiger partial charge in [0.05, 0.1) is 12.1 Å². The van der Waals surface area contributed by atoms with Crippen LogP contribution in [0.1, 0.15) is 5.56 Å². The van der Waals surface area contributed by atoms with Crippen LogP contribution in [0.5, 0.6) is 0 Å². The topological polar surface area (TPSA) is 47.6 Å². The first-order valence-electron chi connectivity index (χ1n) is 3.99. The summed E-state index contributed by atoms with van der Waals surface area (Å²) in [6.07, 6.45) is 3.35. The number of nitrogens with zero attached hydrogens (tertiary/aromatic N) is 2. The lowest BCUT2D eigenvalue weighted by atomic mass is 10.1. The van der Waals surface area contributed by atoms with Crippen LogP contribution in [0.2, 0.25) is 0 Å². The van der Waals surface area contributed by atoms with Gasteiger partial charge in [-0.1, -0.05) is 40.2 Å². The van der Waals surface area contributed by atoms with Gasteiger partial charge in [0.15, 0.2) is 5.92 Å². The molecule has 0 aliphatic carbocycles. The Balaban J connectivity index is 2.80. The molecule has 0 atom stereocenters. The number of hydrogen-bond acceptors (Lipinski definition) is 2. The molecule has 0 bridgehead atoms. The summed E-state index contributed by atoms with van der Waals surface area (Å²) in [4.78, 5) is 0. The predicted octanol–water partition coefficient (Wildman–Crippen LogP) is 3.13. The Kier molecular flexibility index (Phi) is 3.91. The molecule has 0 aromatic heterocycles. The molecule has 0 unspecified atom stereocenters. The second kappa shape index (κ2) is 5.21. The third-order valence-electron chi connectivity index (χ3n) is 1.61. The van der Waals surface area contributed by atoms with Crippen LogP contribution in [0.25, 0.3) is 6.08 Å². The van der Waals surface area contributed by atoms with Crippen molar-refractivity contribution >= 4 is 22.0 Å². The van der Waals surface area contributed by atoms with E-state index in [9.17, 15) is 0 Å². The molecule has 0 spiro atoms. The van der Waals surface area contributed by atoms with E-state index in [0.717, 1.165) is 10.0 Å². The van der Waals surface area contributed by atoms with E-state index >= 15 is 0 Å². The molecular formula is C11H7BrN2.